The fourth-order valence-corrected chi connectivity index (χ4v) is 2.10. The maximum Gasteiger partial charge on any atom is 0.337 e. The molecule has 0 aliphatic carbocycles. The second-order valence-corrected chi connectivity index (χ2v) is 4.72. The van der Waals surface area contributed by atoms with Crippen LogP contribution in [0.5, 0.6) is 0 Å². The van der Waals surface area contributed by atoms with Crippen molar-refractivity contribution in [1.82, 2.24) is 9.78 Å². The van der Waals surface area contributed by atoms with Gasteiger partial charge in [0.05, 0.1) is 16.9 Å². The highest BCUT2D eigenvalue weighted by atomic mass is 79.9. The summed E-state index contributed by atoms with van der Waals surface area (Å²) in [5.74, 6) is -0.964. The van der Waals surface area contributed by atoms with E-state index < -0.39 is 5.97 Å². The highest BCUT2D eigenvalue weighted by Crippen LogP contribution is 2.21. The molecule has 0 unspecified atom stereocenters. The molecule has 88 valence electrons. The highest BCUT2D eigenvalue weighted by molar-refractivity contribution is 9.10. The van der Waals surface area contributed by atoms with Crippen LogP contribution < -0.4 is 0 Å². The molecule has 0 radical (unpaired) electrons. The summed E-state index contributed by atoms with van der Waals surface area (Å²) in [5, 5.41) is 13.5. The number of hydrogen-bond donors (Lipinski definition) is 1. The maximum atomic E-state index is 11.2. The van der Waals surface area contributed by atoms with Crippen molar-refractivity contribution >= 4 is 21.9 Å². The van der Waals surface area contributed by atoms with Crippen molar-refractivity contribution in [2.75, 3.05) is 0 Å². The lowest BCUT2D eigenvalue weighted by molar-refractivity contribution is 0.0696. The van der Waals surface area contributed by atoms with Gasteiger partial charge in [-0.3, -0.25) is 0 Å². The van der Waals surface area contributed by atoms with Crippen LogP contribution >= 0.6 is 15.9 Å². The Morgan fingerprint density at radius 1 is 1.35 bits per heavy atom. The average Bonchev–Trinajstić information content (AvgIpc) is 2.57. The van der Waals surface area contributed by atoms with Crippen molar-refractivity contribution in [3.8, 4) is 5.69 Å². The van der Waals surface area contributed by atoms with E-state index in [0.717, 1.165) is 15.9 Å². The predicted molar refractivity (Wildman–Crippen MR) is 67.7 cm³/mol. The Morgan fingerprint density at radius 3 is 2.59 bits per heavy atom. The number of rotatable bonds is 2. The van der Waals surface area contributed by atoms with E-state index in [2.05, 4.69) is 21.0 Å². The van der Waals surface area contributed by atoms with Crippen LogP contribution in [0.25, 0.3) is 5.69 Å². The normalized spacial score (nSPS) is 10.5. The number of carboxylic acids is 1. The van der Waals surface area contributed by atoms with Gasteiger partial charge in [0.1, 0.15) is 0 Å². The van der Waals surface area contributed by atoms with Crippen LogP contribution in [0.15, 0.2) is 28.7 Å². The van der Waals surface area contributed by atoms with E-state index in [1.54, 1.807) is 22.9 Å². The van der Waals surface area contributed by atoms with Crippen LogP contribution in [0.1, 0.15) is 21.7 Å². The smallest absolute Gasteiger partial charge is 0.337 e. The molecule has 1 aromatic carbocycles. The fraction of sp³-hybridized carbons (Fsp3) is 0.167. The summed E-state index contributed by atoms with van der Waals surface area (Å²) >= 11 is 3.27. The second kappa shape index (κ2) is 4.33. The fourth-order valence-electron chi connectivity index (χ4n) is 1.74. The van der Waals surface area contributed by atoms with Crippen molar-refractivity contribution < 1.29 is 9.90 Å². The van der Waals surface area contributed by atoms with E-state index in [0.29, 0.717) is 5.69 Å². The zero-order chi connectivity index (χ0) is 12.6. The van der Waals surface area contributed by atoms with Crippen molar-refractivity contribution in [3.05, 3.63) is 45.7 Å². The zero-order valence-corrected chi connectivity index (χ0v) is 11.0. The lowest BCUT2D eigenvalue weighted by atomic mass is 10.2. The van der Waals surface area contributed by atoms with Gasteiger partial charge in [0.25, 0.3) is 0 Å². The van der Waals surface area contributed by atoms with E-state index in [1.807, 2.05) is 19.9 Å². The van der Waals surface area contributed by atoms with E-state index in [9.17, 15) is 9.90 Å². The summed E-state index contributed by atoms with van der Waals surface area (Å²) in [7, 11) is 0. The van der Waals surface area contributed by atoms with Crippen molar-refractivity contribution in [2.24, 2.45) is 0 Å². The van der Waals surface area contributed by atoms with Gasteiger partial charge in [-0.05, 0) is 38.1 Å². The summed E-state index contributed by atoms with van der Waals surface area (Å²) in [5.41, 5.74) is 2.57. The molecule has 0 aliphatic rings. The first kappa shape index (κ1) is 11.9. The first-order valence-corrected chi connectivity index (χ1v) is 5.85. The molecule has 0 saturated heterocycles. The summed E-state index contributed by atoms with van der Waals surface area (Å²) < 4.78 is 2.38. The molecule has 4 nitrogen and oxygen atoms in total. The Bertz CT molecular complexity index is 590. The van der Waals surface area contributed by atoms with Crippen LogP contribution in [-0.2, 0) is 0 Å². The Hall–Kier alpha value is -1.62. The standard InChI is InChI=1S/C12H11BrN2O2/c1-7-5-8(2)15(14-7)11-4-3-9(13)6-10(11)12(16)17/h3-6H,1-2H3,(H,16,17). The molecule has 1 N–H and O–H groups in total. The van der Waals surface area contributed by atoms with Crippen LogP contribution in [-0.4, -0.2) is 20.9 Å². The first-order valence-electron chi connectivity index (χ1n) is 5.05. The summed E-state index contributed by atoms with van der Waals surface area (Å²) in [4.78, 5) is 11.2. The Morgan fingerprint density at radius 2 is 2.06 bits per heavy atom. The van der Waals surface area contributed by atoms with Gasteiger partial charge in [0, 0.05) is 10.2 Å². The van der Waals surface area contributed by atoms with Crippen LogP contribution in [0, 0.1) is 13.8 Å². The molecule has 0 saturated carbocycles. The SMILES string of the molecule is Cc1cc(C)n(-c2ccc(Br)cc2C(=O)O)n1. The zero-order valence-electron chi connectivity index (χ0n) is 9.44. The number of carbonyl (C=O) groups is 1. The molecule has 1 heterocycles. The third-order valence-electron chi connectivity index (χ3n) is 2.43. The third kappa shape index (κ3) is 2.24. The second-order valence-electron chi connectivity index (χ2n) is 3.81. The summed E-state index contributed by atoms with van der Waals surface area (Å²) in [6.07, 6.45) is 0. The van der Waals surface area contributed by atoms with Crippen molar-refractivity contribution in [2.45, 2.75) is 13.8 Å². The quantitative estimate of drug-likeness (QED) is 0.926. The van der Waals surface area contributed by atoms with Crippen LogP contribution in [0.2, 0.25) is 0 Å². The molecule has 0 atom stereocenters. The summed E-state index contributed by atoms with van der Waals surface area (Å²) in [6.45, 7) is 3.77. The van der Waals surface area contributed by atoms with Crippen LogP contribution in [0.3, 0.4) is 0 Å². The minimum Gasteiger partial charge on any atom is -0.478 e. The number of benzene rings is 1. The molecule has 17 heavy (non-hydrogen) atoms. The Labute approximate surface area is 107 Å². The molecule has 0 spiro atoms. The Kier molecular flexibility index (Phi) is 3.02. The number of nitrogens with zero attached hydrogens (tertiary/aromatic N) is 2. The molecule has 0 bridgehead atoms. The van der Waals surface area contributed by atoms with Crippen molar-refractivity contribution in [1.29, 1.82) is 0 Å². The van der Waals surface area contributed by atoms with Gasteiger partial charge in [0.2, 0.25) is 0 Å². The molecule has 0 aliphatic heterocycles. The molecular formula is C12H11BrN2O2. The lowest BCUT2D eigenvalue weighted by Crippen LogP contribution is -2.07. The van der Waals surface area contributed by atoms with E-state index >= 15 is 0 Å². The molecule has 0 fully saturated rings. The van der Waals surface area contributed by atoms with Gasteiger partial charge in [-0.15, -0.1) is 0 Å². The van der Waals surface area contributed by atoms with Gasteiger partial charge in [-0.25, -0.2) is 9.48 Å². The number of aromatic nitrogens is 2. The van der Waals surface area contributed by atoms with Gasteiger partial charge < -0.3 is 5.11 Å². The molecular weight excluding hydrogens is 284 g/mol. The molecule has 2 aromatic rings. The van der Waals surface area contributed by atoms with Gasteiger partial charge >= 0.3 is 5.97 Å². The van der Waals surface area contributed by atoms with Crippen molar-refractivity contribution in [3.63, 3.8) is 0 Å². The Balaban J connectivity index is 2.67. The minimum absolute atomic E-state index is 0.227. The number of aromatic carboxylic acids is 1. The predicted octanol–water partition coefficient (Wildman–Crippen LogP) is 2.95. The van der Waals surface area contributed by atoms with E-state index in [4.69, 9.17) is 0 Å². The lowest BCUT2D eigenvalue weighted by Gasteiger charge is -2.08. The minimum atomic E-state index is -0.964. The topological polar surface area (TPSA) is 55.1 Å². The maximum absolute atomic E-state index is 11.2. The molecule has 0 amide bonds. The number of hydrogen-bond acceptors (Lipinski definition) is 2. The molecule has 1 aromatic heterocycles. The number of aryl methyl sites for hydroxylation is 2. The summed E-state index contributed by atoms with van der Waals surface area (Å²) in [6, 6.07) is 7.03. The highest BCUT2D eigenvalue weighted by Gasteiger charge is 2.14. The van der Waals surface area contributed by atoms with Gasteiger partial charge in [0.15, 0.2) is 0 Å². The monoisotopic (exact) mass is 294 g/mol. The number of halogens is 1. The van der Waals surface area contributed by atoms with Gasteiger partial charge in [-0.1, -0.05) is 15.9 Å². The number of carboxylic acid groups (broad SMARTS) is 1. The first-order chi connectivity index (χ1) is 7.99. The third-order valence-corrected chi connectivity index (χ3v) is 2.92. The largest absolute Gasteiger partial charge is 0.478 e. The molecule has 5 heteroatoms. The van der Waals surface area contributed by atoms with E-state index in [1.165, 1.54) is 0 Å². The van der Waals surface area contributed by atoms with Gasteiger partial charge in [-0.2, -0.15) is 5.10 Å². The van der Waals surface area contributed by atoms with Crippen LogP contribution in [0.4, 0.5) is 0 Å². The van der Waals surface area contributed by atoms with E-state index in [-0.39, 0.29) is 5.56 Å². The molecule has 2 rings (SSSR count). The average molecular weight is 295 g/mol.